The zero-order valence-corrected chi connectivity index (χ0v) is 19.8. The van der Waals surface area contributed by atoms with Gasteiger partial charge in [0.25, 0.3) is 0 Å². The van der Waals surface area contributed by atoms with Crippen LogP contribution in [0.3, 0.4) is 0 Å². The number of carbonyl (C=O) groups is 1. The van der Waals surface area contributed by atoms with Crippen molar-refractivity contribution in [1.82, 2.24) is 4.90 Å². The lowest BCUT2D eigenvalue weighted by molar-refractivity contribution is -0.134. The number of nitrogens with one attached hydrogen (secondary N) is 1. The fourth-order valence-corrected chi connectivity index (χ4v) is 5.34. The minimum absolute atomic E-state index is 0.0258. The molecular weight excluding hydrogens is 420 g/mol. The second-order valence-corrected chi connectivity index (χ2v) is 9.54. The van der Waals surface area contributed by atoms with Crippen LogP contribution >= 0.6 is 0 Å². The number of anilines is 1. The van der Waals surface area contributed by atoms with Crippen molar-refractivity contribution in [1.29, 1.82) is 0 Å². The summed E-state index contributed by atoms with van der Waals surface area (Å²) in [6.45, 7) is 5.87. The summed E-state index contributed by atoms with van der Waals surface area (Å²) in [6.07, 6.45) is 1.26. The smallest absolute Gasteiger partial charge is 0.223 e. The number of likely N-dealkylation sites (tertiary alicyclic amines) is 1. The second-order valence-electron chi connectivity index (χ2n) is 9.54. The average Bonchev–Trinajstić information content (AvgIpc) is 3.15. The first-order valence-electron chi connectivity index (χ1n) is 11.6. The molecule has 3 N–H and O–H groups in total. The van der Waals surface area contributed by atoms with Gasteiger partial charge in [-0.1, -0.05) is 26.0 Å². The van der Waals surface area contributed by atoms with Crippen LogP contribution in [-0.2, 0) is 11.2 Å². The predicted octanol–water partition coefficient (Wildman–Crippen LogP) is 3.72. The first kappa shape index (κ1) is 23.2. The Labute approximate surface area is 195 Å². The number of aliphatic hydroxyl groups excluding tert-OH is 1. The summed E-state index contributed by atoms with van der Waals surface area (Å²) in [4.78, 5) is 15.4. The normalized spacial score (nSPS) is 22.9. The molecule has 2 aromatic rings. The van der Waals surface area contributed by atoms with Gasteiger partial charge in [-0.05, 0) is 35.4 Å². The van der Waals surface area contributed by atoms with Crippen LogP contribution in [0.5, 0.6) is 17.2 Å². The van der Waals surface area contributed by atoms with E-state index in [0.717, 1.165) is 36.3 Å². The number of hydrogen-bond donors (Lipinski definition) is 3. The third kappa shape index (κ3) is 4.88. The van der Waals surface area contributed by atoms with Crippen molar-refractivity contribution in [3.8, 4) is 17.2 Å². The highest BCUT2D eigenvalue weighted by Gasteiger charge is 2.31. The van der Waals surface area contributed by atoms with E-state index in [1.165, 1.54) is 7.11 Å². The molecule has 2 heterocycles. The molecule has 2 aromatic carbocycles. The number of phenolic OH excluding ortho intramolecular Hbond substituents is 1. The fourth-order valence-electron chi connectivity index (χ4n) is 5.34. The number of rotatable bonds is 6. The predicted molar refractivity (Wildman–Crippen MR) is 127 cm³/mol. The van der Waals surface area contributed by atoms with Gasteiger partial charge in [-0.15, -0.1) is 0 Å². The molecule has 0 aliphatic carbocycles. The summed E-state index contributed by atoms with van der Waals surface area (Å²) >= 11 is 0. The molecule has 33 heavy (non-hydrogen) atoms. The van der Waals surface area contributed by atoms with E-state index >= 15 is 0 Å². The van der Waals surface area contributed by atoms with Gasteiger partial charge in [0, 0.05) is 55.2 Å². The molecule has 7 heteroatoms. The highest BCUT2D eigenvalue weighted by Crippen LogP contribution is 2.44. The van der Waals surface area contributed by atoms with Gasteiger partial charge in [0.05, 0.1) is 14.2 Å². The molecule has 4 atom stereocenters. The van der Waals surface area contributed by atoms with Crippen molar-refractivity contribution < 1.29 is 24.5 Å². The lowest BCUT2D eigenvalue weighted by Gasteiger charge is -2.36. The summed E-state index contributed by atoms with van der Waals surface area (Å²) in [6, 6.07) is 9.20. The Kier molecular flexibility index (Phi) is 6.70. The van der Waals surface area contributed by atoms with Gasteiger partial charge in [-0.25, -0.2) is 0 Å². The molecule has 1 fully saturated rings. The van der Waals surface area contributed by atoms with Crippen molar-refractivity contribution in [2.24, 2.45) is 11.8 Å². The number of nitrogens with zero attached hydrogens (tertiary/aromatic N) is 1. The van der Waals surface area contributed by atoms with Gasteiger partial charge >= 0.3 is 0 Å². The first-order valence-corrected chi connectivity index (χ1v) is 11.6. The molecule has 1 amide bonds. The number of phenols is 1. The molecule has 0 bridgehead atoms. The van der Waals surface area contributed by atoms with Crippen molar-refractivity contribution in [3.63, 3.8) is 0 Å². The lowest BCUT2D eigenvalue weighted by Crippen LogP contribution is -2.43. The number of benzene rings is 2. The number of methoxy groups -OCH3 is 2. The number of ether oxygens (including phenoxy) is 2. The van der Waals surface area contributed by atoms with Gasteiger partial charge in [-0.3, -0.25) is 4.79 Å². The summed E-state index contributed by atoms with van der Waals surface area (Å²) in [7, 11) is 3.08. The monoisotopic (exact) mass is 454 g/mol. The van der Waals surface area contributed by atoms with Crippen LogP contribution < -0.4 is 14.8 Å². The molecule has 0 aromatic heterocycles. The minimum Gasteiger partial charge on any atom is -0.507 e. The van der Waals surface area contributed by atoms with Crippen molar-refractivity contribution in [2.75, 3.05) is 32.6 Å². The largest absolute Gasteiger partial charge is 0.507 e. The molecular formula is C26H34N2O5. The Balaban J connectivity index is 1.74. The van der Waals surface area contributed by atoms with Crippen molar-refractivity contribution in [2.45, 2.75) is 45.3 Å². The van der Waals surface area contributed by atoms with Crippen LogP contribution in [0.1, 0.15) is 49.3 Å². The molecule has 2 aliphatic rings. The number of fused-ring (bicyclic) bond motifs is 1. The topological polar surface area (TPSA) is 91.3 Å². The summed E-state index contributed by atoms with van der Waals surface area (Å²) in [5, 5.41) is 24.0. The third-order valence-corrected chi connectivity index (χ3v) is 6.77. The van der Waals surface area contributed by atoms with E-state index < -0.39 is 12.1 Å². The maximum atomic E-state index is 13.5. The Hall–Kier alpha value is -2.93. The zero-order chi connectivity index (χ0) is 23.7. The van der Waals surface area contributed by atoms with Gasteiger partial charge in [0.1, 0.15) is 23.5 Å². The number of amides is 1. The maximum Gasteiger partial charge on any atom is 0.223 e. The van der Waals surface area contributed by atoms with Crippen LogP contribution in [0.2, 0.25) is 0 Å². The maximum absolute atomic E-state index is 13.5. The van der Waals surface area contributed by atoms with E-state index in [4.69, 9.17) is 9.47 Å². The van der Waals surface area contributed by atoms with Crippen LogP contribution in [0.25, 0.3) is 0 Å². The molecule has 1 saturated heterocycles. The molecule has 4 rings (SSSR count). The number of piperidine rings is 1. The fraction of sp³-hybridized carbons (Fsp3) is 0.500. The Morgan fingerprint density at radius 2 is 1.88 bits per heavy atom. The molecule has 0 radical (unpaired) electrons. The van der Waals surface area contributed by atoms with Crippen molar-refractivity contribution >= 4 is 11.6 Å². The highest BCUT2D eigenvalue weighted by atomic mass is 16.5. The quantitative estimate of drug-likeness (QED) is 0.616. The molecule has 7 nitrogen and oxygen atoms in total. The average molecular weight is 455 g/mol. The van der Waals surface area contributed by atoms with Gasteiger partial charge in [-0.2, -0.15) is 0 Å². The summed E-state index contributed by atoms with van der Waals surface area (Å²) in [5.41, 5.74) is 3.31. The van der Waals surface area contributed by atoms with Gasteiger partial charge < -0.3 is 29.9 Å². The molecule has 2 aliphatic heterocycles. The molecule has 0 saturated carbocycles. The number of carbonyl (C=O) groups excluding carboxylic acids is 1. The summed E-state index contributed by atoms with van der Waals surface area (Å²) in [5.74, 6) is 1.54. The van der Waals surface area contributed by atoms with Crippen molar-refractivity contribution in [3.05, 3.63) is 47.0 Å². The van der Waals surface area contributed by atoms with E-state index in [-0.39, 0.29) is 18.1 Å². The zero-order valence-electron chi connectivity index (χ0n) is 19.8. The molecule has 178 valence electrons. The number of aromatic hydroxyl groups is 1. The Morgan fingerprint density at radius 1 is 1.15 bits per heavy atom. The van der Waals surface area contributed by atoms with E-state index in [1.807, 2.05) is 23.1 Å². The highest BCUT2D eigenvalue weighted by molar-refractivity contribution is 5.79. The van der Waals surface area contributed by atoms with Crippen LogP contribution in [-0.4, -0.2) is 54.6 Å². The van der Waals surface area contributed by atoms with Crippen LogP contribution in [0.4, 0.5) is 5.69 Å². The van der Waals surface area contributed by atoms with Crippen LogP contribution in [0, 0.1) is 11.8 Å². The Morgan fingerprint density at radius 3 is 2.55 bits per heavy atom. The van der Waals surface area contributed by atoms with E-state index in [9.17, 15) is 15.0 Å². The van der Waals surface area contributed by atoms with E-state index in [1.54, 1.807) is 19.2 Å². The van der Waals surface area contributed by atoms with E-state index in [2.05, 4.69) is 19.2 Å². The SMILES string of the molecule is COc1cc(O)c(C(CC(=O)N2CC(C)CC(C)C2)c2ccc3c(c2)NC(O)C3)c(OC)c1. The van der Waals surface area contributed by atoms with Gasteiger partial charge in [0.2, 0.25) is 5.91 Å². The molecule has 0 spiro atoms. The van der Waals surface area contributed by atoms with Gasteiger partial charge in [0.15, 0.2) is 0 Å². The second kappa shape index (κ2) is 9.51. The number of hydrogen-bond acceptors (Lipinski definition) is 6. The third-order valence-electron chi connectivity index (χ3n) is 6.77. The van der Waals surface area contributed by atoms with E-state index in [0.29, 0.717) is 35.3 Å². The number of aliphatic hydroxyl groups is 1. The standard InChI is InChI=1S/C26H34N2O5/c1-15-7-16(2)14-28(13-15)25(31)12-20(17-5-6-18-9-24(30)27-21(18)8-17)26-22(29)10-19(32-3)11-23(26)33-4/h5-6,8,10-11,15-16,20,24,27,29-30H,7,9,12-14H2,1-4H3. The lowest BCUT2D eigenvalue weighted by atomic mass is 9.85. The molecule has 4 unspecified atom stereocenters. The summed E-state index contributed by atoms with van der Waals surface area (Å²) < 4.78 is 10.9. The minimum atomic E-state index is -0.615. The Bertz CT molecular complexity index is 1010. The van der Waals surface area contributed by atoms with Crippen LogP contribution in [0.15, 0.2) is 30.3 Å². The first-order chi connectivity index (χ1) is 15.8.